The highest BCUT2D eigenvalue weighted by molar-refractivity contribution is 7.84. The van der Waals surface area contributed by atoms with Crippen molar-refractivity contribution >= 4 is 22.7 Å². The lowest BCUT2D eigenvalue weighted by molar-refractivity contribution is -0.165. The van der Waals surface area contributed by atoms with E-state index in [1.165, 1.54) is 20.8 Å². The Morgan fingerprint density at radius 1 is 0.865 bits per heavy atom. The summed E-state index contributed by atoms with van der Waals surface area (Å²) in [6.07, 6.45) is -5.03. The zero-order valence-electron chi connectivity index (χ0n) is 20.3. The Hall–Kier alpha value is -3.37. The average Bonchev–Trinajstić information content (AvgIpc) is 2.84. The van der Waals surface area contributed by atoms with Gasteiger partial charge in [-0.05, 0) is 45.0 Å². The third-order valence-electron chi connectivity index (χ3n) is 5.09. The van der Waals surface area contributed by atoms with Gasteiger partial charge in [0.2, 0.25) is 0 Å². The molecule has 0 aliphatic heterocycles. The highest BCUT2D eigenvalue weighted by atomic mass is 32.2. The van der Waals surface area contributed by atoms with E-state index >= 15 is 0 Å². The summed E-state index contributed by atoms with van der Waals surface area (Å²) in [7, 11) is -2.20. The predicted molar refractivity (Wildman–Crippen MR) is 135 cm³/mol. The van der Waals surface area contributed by atoms with E-state index in [0.717, 1.165) is 24.3 Å². The highest BCUT2D eigenvalue weighted by Gasteiger charge is 2.50. The summed E-state index contributed by atoms with van der Waals surface area (Å²) in [5.74, 6) is -2.12. The van der Waals surface area contributed by atoms with Gasteiger partial charge in [-0.2, -0.15) is 13.2 Å². The Bertz CT molecular complexity index is 1200. The standard InChI is InChI=1S/C27H26F4N2O3S/c1-26(2,3)37(35)33-24(27(29,30)31)23(25(34)36-21-16-14-20(28)15-17-21)32-22(18-10-6-4-7-11-18)19-12-8-5-9-13-19/h4-17,23-24,33H,1-3H3/t23-,24-,37?/m0/s1. The summed E-state index contributed by atoms with van der Waals surface area (Å²) >= 11 is 0. The number of hydrogen-bond donors (Lipinski definition) is 1. The topological polar surface area (TPSA) is 67.8 Å². The van der Waals surface area contributed by atoms with Crippen LogP contribution in [0.3, 0.4) is 0 Å². The molecule has 3 aromatic rings. The molecular formula is C27H26F4N2O3S. The number of nitrogens with zero attached hydrogens (tertiary/aromatic N) is 1. The van der Waals surface area contributed by atoms with Gasteiger partial charge in [0.05, 0.1) is 21.4 Å². The van der Waals surface area contributed by atoms with Gasteiger partial charge in [0.1, 0.15) is 17.6 Å². The molecule has 3 rings (SSSR count). The molecule has 3 atom stereocenters. The van der Waals surface area contributed by atoms with Gasteiger partial charge in [-0.15, -0.1) is 0 Å². The van der Waals surface area contributed by atoms with Crippen molar-refractivity contribution in [3.05, 3.63) is 102 Å². The third-order valence-corrected chi connectivity index (χ3v) is 6.68. The van der Waals surface area contributed by atoms with Crippen LogP contribution in [0.1, 0.15) is 31.9 Å². The van der Waals surface area contributed by atoms with Crippen LogP contribution in [0.25, 0.3) is 0 Å². The van der Waals surface area contributed by atoms with E-state index in [2.05, 4.69) is 9.71 Å². The van der Waals surface area contributed by atoms with Gasteiger partial charge in [0.25, 0.3) is 0 Å². The molecular weight excluding hydrogens is 508 g/mol. The van der Waals surface area contributed by atoms with E-state index in [9.17, 15) is 26.6 Å². The normalized spacial score (nSPS) is 14.4. The number of rotatable bonds is 8. The maximum absolute atomic E-state index is 14.4. The molecule has 0 aromatic heterocycles. The lowest BCUT2D eigenvalue weighted by atomic mass is 10.0. The number of hydrogen-bond acceptors (Lipinski definition) is 4. The monoisotopic (exact) mass is 534 g/mol. The second-order valence-electron chi connectivity index (χ2n) is 9.05. The van der Waals surface area contributed by atoms with Crippen molar-refractivity contribution < 1.29 is 31.3 Å². The zero-order valence-corrected chi connectivity index (χ0v) is 21.1. The molecule has 0 aliphatic rings. The number of carbonyl (C=O) groups excluding carboxylic acids is 1. The summed E-state index contributed by atoms with van der Waals surface area (Å²) in [6, 6.07) is 16.2. The van der Waals surface area contributed by atoms with Gasteiger partial charge in [-0.3, -0.25) is 4.99 Å². The average molecular weight is 535 g/mol. The number of nitrogens with one attached hydrogen (secondary N) is 1. The van der Waals surface area contributed by atoms with Gasteiger partial charge >= 0.3 is 12.1 Å². The van der Waals surface area contributed by atoms with E-state index in [0.29, 0.717) is 11.1 Å². The van der Waals surface area contributed by atoms with Gasteiger partial charge < -0.3 is 4.74 Å². The molecule has 0 saturated carbocycles. The molecule has 0 bridgehead atoms. The van der Waals surface area contributed by atoms with Gasteiger partial charge in [-0.25, -0.2) is 18.1 Å². The molecule has 3 aromatic carbocycles. The smallest absolute Gasteiger partial charge is 0.407 e. The number of ether oxygens (including phenoxy) is 1. The minimum absolute atomic E-state index is 0.111. The molecule has 196 valence electrons. The number of benzene rings is 3. The van der Waals surface area contributed by atoms with Crippen molar-refractivity contribution in [2.24, 2.45) is 4.99 Å². The van der Waals surface area contributed by atoms with Crippen LogP contribution in [0.15, 0.2) is 89.9 Å². The van der Waals surface area contributed by atoms with Crippen molar-refractivity contribution in [3.63, 3.8) is 0 Å². The van der Waals surface area contributed by atoms with Crippen LogP contribution < -0.4 is 9.46 Å². The fourth-order valence-corrected chi connectivity index (χ4v) is 4.04. The van der Waals surface area contributed by atoms with Gasteiger partial charge in [0, 0.05) is 11.1 Å². The van der Waals surface area contributed by atoms with E-state index in [4.69, 9.17) is 4.74 Å². The first kappa shape index (κ1) is 28.2. The Balaban J connectivity index is 2.17. The lowest BCUT2D eigenvalue weighted by Gasteiger charge is -2.29. The van der Waals surface area contributed by atoms with Crippen LogP contribution in [0, 0.1) is 5.82 Å². The van der Waals surface area contributed by atoms with E-state index < -0.39 is 45.8 Å². The molecule has 0 aliphatic carbocycles. The Morgan fingerprint density at radius 2 is 1.35 bits per heavy atom. The van der Waals surface area contributed by atoms with E-state index in [1.807, 2.05) is 0 Å². The van der Waals surface area contributed by atoms with Crippen LogP contribution in [0.5, 0.6) is 5.75 Å². The number of carbonyl (C=O) groups is 1. The number of aliphatic imine (C=N–C) groups is 1. The second-order valence-corrected chi connectivity index (χ2v) is 11.0. The van der Waals surface area contributed by atoms with Crippen LogP contribution in [-0.2, 0) is 15.8 Å². The van der Waals surface area contributed by atoms with Crippen LogP contribution in [0.4, 0.5) is 17.6 Å². The first-order chi connectivity index (χ1) is 17.4. The number of alkyl halides is 3. The SMILES string of the molecule is CC(C)(C)S(=O)N[C@@H]([C@H](N=C(c1ccccc1)c1ccccc1)C(=O)Oc1ccc(F)cc1)C(F)(F)F. The largest absolute Gasteiger partial charge is 0.425 e. The molecule has 0 heterocycles. The molecule has 0 saturated heterocycles. The molecule has 0 radical (unpaired) electrons. The van der Waals surface area contributed by atoms with Crippen LogP contribution >= 0.6 is 0 Å². The molecule has 5 nitrogen and oxygen atoms in total. The van der Waals surface area contributed by atoms with Crippen molar-refractivity contribution in [2.75, 3.05) is 0 Å². The maximum atomic E-state index is 14.4. The molecule has 10 heteroatoms. The van der Waals surface area contributed by atoms with E-state index in [1.54, 1.807) is 60.7 Å². The third kappa shape index (κ3) is 7.80. The first-order valence-electron chi connectivity index (χ1n) is 11.3. The van der Waals surface area contributed by atoms with Crippen LogP contribution in [0.2, 0.25) is 0 Å². The zero-order chi connectivity index (χ0) is 27.2. The summed E-state index contributed by atoms with van der Waals surface area (Å²) in [6.45, 7) is 4.49. The number of esters is 1. The molecule has 1 N–H and O–H groups in total. The number of halogens is 4. The Morgan fingerprint density at radius 3 is 1.78 bits per heavy atom. The minimum Gasteiger partial charge on any atom is -0.425 e. The molecule has 0 amide bonds. The Kier molecular flexibility index (Phi) is 8.98. The van der Waals surface area contributed by atoms with Crippen molar-refractivity contribution in [1.29, 1.82) is 0 Å². The van der Waals surface area contributed by atoms with E-state index in [-0.39, 0.29) is 11.5 Å². The first-order valence-corrected chi connectivity index (χ1v) is 12.4. The molecule has 1 unspecified atom stereocenters. The second kappa shape index (κ2) is 11.8. The maximum Gasteiger partial charge on any atom is 0.407 e. The van der Waals surface area contributed by atoms with Crippen molar-refractivity contribution in [2.45, 2.75) is 43.8 Å². The lowest BCUT2D eigenvalue weighted by Crippen LogP contribution is -2.56. The van der Waals surface area contributed by atoms with Crippen molar-refractivity contribution in [3.8, 4) is 5.75 Å². The van der Waals surface area contributed by atoms with Crippen molar-refractivity contribution in [1.82, 2.24) is 4.72 Å². The fraction of sp³-hybridized carbons (Fsp3) is 0.259. The summed E-state index contributed by atoms with van der Waals surface area (Å²) < 4.78 is 75.4. The minimum atomic E-state index is -5.03. The summed E-state index contributed by atoms with van der Waals surface area (Å²) in [5.41, 5.74) is 1.04. The Labute approximate surface area is 215 Å². The quantitative estimate of drug-likeness (QED) is 0.177. The summed E-state index contributed by atoms with van der Waals surface area (Å²) in [4.78, 5) is 17.5. The summed E-state index contributed by atoms with van der Waals surface area (Å²) in [5, 5.41) is 0. The molecule has 0 spiro atoms. The molecule has 0 fully saturated rings. The highest BCUT2D eigenvalue weighted by Crippen LogP contribution is 2.28. The molecule has 37 heavy (non-hydrogen) atoms. The van der Waals surface area contributed by atoms with Gasteiger partial charge in [-0.1, -0.05) is 60.7 Å². The van der Waals surface area contributed by atoms with Gasteiger partial charge in [0.15, 0.2) is 6.04 Å². The van der Waals surface area contributed by atoms with Crippen LogP contribution in [-0.4, -0.2) is 38.9 Å². The predicted octanol–water partition coefficient (Wildman–Crippen LogP) is 5.62. The fourth-order valence-electron chi connectivity index (χ4n) is 3.19.